The molecular formula is C15H27NO3. The van der Waals surface area contributed by atoms with Crippen LogP contribution >= 0.6 is 0 Å². The Morgan fingerprint density at radius 2 is 1.79 bits per heavy atom. The molecule has 0 N–H and O–H groups in total. The van der Waals surface area contributed by atoms with Crippen LogP contribution in [0.5, 0.6) is 0 Å². The molecule has 2 unspecified atom stereocenters. The van der Waals surface area contributed by atoms with Gasteiger partial charge in [0.15, 0.2) is 0 Å². The molecule has 1 aliphatic rings. The Hall–Kier alpha value is -0.930. The zero-order valence-electron chi connectivity index (χ0n) is 12.3. The summed E-state index contributed by atoms with van der Waals surface area (Å²) in [5, 5.41) is 11.3. The first-order valence-corrected chi connectivity index (χ1v) is 7.73. The van der Waals surface area contributed by atoms with Gasteiger partial charge in [-0.15, -0.1) is 0 Å². The van der Waals surface area contributed by atoms with Crippen LogP contribution in [-0.4, -0.2) is 16.2 Å². The van der Waals surface area contributed by atoms with E-state index in [1.165, 1.54) is 25.7 Å². The average molecular weight is 269 g/mol. The summed E-state index contributed by atoms with van der Waals surface area (Å²) in [7, 11) is 0. The van der Waals surface area contributed by atoms with Crippen LogP contribution in [-0.2, 0) is 4.79 Å². The van der Waals surface area contributed by atoms with Gasteiger partial charge in [-0.2, -0.15) is 0 Å². The highest BCUT2D eigenvalue weighted by molar-refractivity contribution is 5.89. The van der Waals surface area contributed by atoms with E-state index in [1.807, 2.05) is 6.92 Å². The molecule has 1 fully saturated rings. The monoisotopic (exact) mass is 269 g/mol. The van der Waals surface area contributed by atoms with Crippen molar-refractivity contribution < 1.29 is 9.72 Å². The number of unbranched alkanes of at least 4 members (excludes halogenated alkanes) is 6. The van der Waals surface area contributed by atoms with Crippen LogP contribution in [0.1, 0.15) is 78.1 Å². The number of nitro groups is 1. The first kappa shape index (κ1) is 16.1. The fourth-order valence-corrected chi connectivity index (χ4v) is 3.19. The van der Waals surface area contributed by atoms with Crippen LogP contribution in [0.4, 0.5) is 0 Å². The Balaban J connectivity index is 2.36. The van der Waals surface area contributed by atoms with E-state index in [1.54, 1.807) is 0 Å². The summed E-state index contributed by atoms with van der Waals surface area (Å²) in [4.78, 5) is 22.9. The topological polar surface area (TPSA) is 60.2 Å². The molecule has 0 spiro atoms. The van der Waals surface area contributed by atoms with Crippen molar-refractivity contribution in [2.45, 2.75) is 83.6 Å². The zero-order chi connectivity index (χ0) is 14.3. The van der Waals surface area contributed by atoms with Gasteiger partial charge in [-0.3, -0.25) is 14.9 Å². The second-order valence-electron chi connectivity index (χ2n) is 5.92. The number of carbonyl (C=O) groups excluding carboxylic acids is 1. The maximum atomic E-state index is 11.9. The average Bonchev–Trinajstić information content (AvgIpc) is 2.66. The van der Waals surface area contributed by atoms with E-state index in [-0.39, 0.29) is 16.6 Å². The molecule has 0 amide bonds. The third-order valence-electron chi connectivity index (χ3n) is 4.59. The Morgan fingerprint density at radius 1 is 1.21 bits per heavy atom. The number of rotatable bonds is 9. The molecule has 0 aliphatic heterocycles. The molecule has 0 aromatic carbocycles. The second-order valence-corrected chi connectivity index (χ2v) is 5.92. The van der Waals surface area contributed by atoms with Crippen LogP contribution < -0.4 is 0 Å². The number of nitrogens with zero attached hydrogens (tertiary/aromatic N) is 1. The minimum absolute atomic E-state index is 0.102. The fourth-order valence-electron chi connectivity index (χ4n) is 3.19. The van der Waals surface area contributed by atoms with Gasteiger partial charge in [0, 0.05) is 23.7 Å². The second kappa shape index (κ2) is 7.61. The summed E-state index contributed by atoms with van der Waals surface area (Å²) in [6.07, 6.45) is 9.43. The van der Waals surface area contributed by atoms with E-state index in [0.29, 0.717) is 19.3 Å². The van der Waals surface area contributed by atoms with Crippen LogP contribution in [0, 0.1) is 16.0 Å². The van der Waals surface area contributed by atoms with Crippen molar-refractivity contribution in [1.29, 1.82) is 0 Å². The number of hydrogen-bond acceptors (Lipinski definition) is 3. The Labute approximate surface area is 116 Å². The highest BCUT2D eigenvalue weighted by atomic mass is 16.6. The molecule has 0 radical (unpaired) electrons. The summed E-state index contributed by atoms with van der Waals surface area (Å²) in [5.41, 5.74) is -1.26. The number of ketones is 1. The third-order valence-corrected chi connectivity index (χ3v) is 4.59. The quantitative estimate of drug-likeness (QED) is 0.359. The summed E-state index contributed by atoms with van der Waals surface area (Å²) in [5.74, 6) is -0.244. The molecule has 0 heterocycles. The van der Waals surface area contributed by atoms with Gasteiger partial charge in [0.1, 0.15) is 0 Å². The van der Waals surface area contributed by atoms with E-state index < -0.39 is 5.54 Å². The summed E-state index contributed by atoms with van der Waals surface area (Å²) < 4.78 is 0. The molecule has 1 rings (SSSR count). The zero-order valence-corrected chi connectivity index (χ0v) is 12.3. The van der Waals surface area contributed by atoms with Crippen molar-refractivity contribution in [3.05, 3.63) is 10.1 Å². The molecule has 0 aromatic rings. The lowest BCUT2D eigenvalue weighted by Crippen LogP contribution is -2.47. The molecule has 0 saturated heterocycles. The molecular weight excluding hydrogens is 242 g/mol. The molecule has 0 bridgehead atoms. The minimum atomic E-state index is -1.26. The van der Waals surface area contributed by atoms with Gasteiger partial charge < -0.3 is 0 Å². The van der Waals surface area contributed by atoms with Gasteiger partial charge in [0.05, 0.1) is 0 Å². The van der Waals surface area contributed by atoms with Gasteiger partial charge in [-0.1, -0.05) is 52.4 Å². The number of hydrogen-bond donors (Lipinski definition) is 0. The minimum Gasteiger partial charge on any atom is -0.292 e. The van der Waals surface area contributed by atoms with E-state index in [4.69, 9.17) is 0 Å². The van der Waals surface area contributed by atoms with Gasteiger partial charge in [-0.25, -0.2) is 0 Å². The lowest BCUT2D eigenvalue weighted by Gasteiger charge is -2.23. The Kier molecular flexibility index (Phi) is 6.46. The van der Waals surface area contributed by atoms with E-state index in [9.17, 15) is 14.9 Å². The summed E-state index contributed by atoms with van der Waals surface area (Å²) in [6.45, 7) is 4.04. The van der Waals surface area contributed by atoms with E-state index >= 15 is 0 Å². The van der Waals surface area contributed by atoms with Crippen LogP contribution in [0.25, 0.3) is 0 Å². The summed E-state index contributed by atoms with van der Waals surface area (Å²) in [6, 6.07) is 0. The first-order valence-electron chi connectivity index (χ1n) is 7.73. The van der Waals surface area contributed by atoms with Gasteiger partial charge >= 0.3 is 0 Å². The highest BCUT2D eigenvalue weighted by Crippen LogP contribution is 2.39. The highest BCUT2D eigenvalue weighted by Gasteiger charge is 2.57. The lowest BCUT2D eigenvalue weighted by molar-refractivity contribution is -0.560. The SMILES string of the molecule is CCCCCCCCCC1([N+](=O)[O-])C(=O)CCC1C. The summed E-state index contributed by atoms with van der Waals surface area (Å²) >= 11 is 0. The smallest absolute Gasteiger partial charge is 0.281 e. The van der Waals surface area contributed by atoms with Crippen molar-refractivity contribution in [3.8, 4) is 0 Å². The van der Waals surface area contributed by atoms with Crippen LogP contribution in [0.2, 0.25) is 0 Å². The molecule has 0 aromatic heterocycles. The van der Waals surface area contributed by atoms with Gasteiger partial charge in [-0.05, 0) is 12.8 Å². The van der Waals surface area contributed by atoms with Crippen molar-refractivity contribution >= 4 is 5.78 Å². The van der Waals surface area contributed by atoms with Crippen molar-refractivity contribution in [2.75, 3.05) is 0 Å². The maximum absolute atomic E-state index is 11.9. The van der Waals surface area contributed by atoms with Crippen molar-refractivity contribution in [1.82, 2.24) is 0 Å². The third kappa shape index (κ3) is 3.77. The molecule has 4 nitrogen and oxygen atoms in total. The molecule has 19 heavy (non-hydrogen) atoms. The Bertz CT molecular complexity index is 317. The predicted molar refractivity (Wildman–Crippen MR) is 75.7 cm³/mol. The van der Waals surface area contributed by atoms with Crippen molar-refractivity contribution in [3.63, 3.8) is 0 Å². The number of Topliss-reactive ketones (excluding diaryl/α,β-unsaturated/α-hetero) is 1. The first-order chi connectivity index (χ1) is 9.05. The standard InChI is InChI=1S/C15H27NO3/c1-3-4-5-6-7-8-9-12-15(16(18)19)13(2)10-11-14(15)17/h13H,3-12H2,1-2H3. The number of carbonyl (C=O) groups is 1. The Morgan fingerprint density at radius 3 is 2.26 bits per heavy atom. The normalized spacial score (nSPS) is 26.8. The van der Waals surface area contributed by atoms with Crippen molar-refractivity contribution in [2.24, 2.45) is 5.92 Å². The van der Waals surface area contributed by atoms with Gasteiger partial charge in [0.2, 0.25) is 5.78 Å². The largest absolute Gasteiger partial charge is 0.292 e. The molecule has 1 saturated carbocycles. The molecule has 1 aliphatic carbocycles. The lowest BCUT2D eigenvalue weighted by atomic mass is 9.83. The molecule has 2 atom stereocenters. The van der Waals surface area contributed by atoms with Crippen LogP contribution in [0.15, 0.2) is 0 Å². The predicted octanol–water partition coefficient (Wildman–Crippen LogP) is 4.14. The molecule has 4 heteroatoms. The van der Waals surface area contributed by atoms with E-state index in [2.05, 4.69) is 6.92 Å². The van der Waals surface area contributed by atoms with Gasteiger partial charge in [0.25, 0.3) is 5.54 Å². The molecule has 110 valence electrons. The van der Waals surface area contributed by atoms with Crippen LogP contribution in [0.3, 0.4) is 0 Å². The van der Waals surface area contributed by atoms with E-state index in [0.717, 1.165) is 19.3 Å². The maximum Gasteiger partial charge on any atom is 0.281 e. The fraction of sp³-hybridized carbons (Fsp3) is 0.933.